The van der Waals surface area contributed by atoms with Crippen molar-refractivity contribution in [2.75, 3.05) is 19.3 Å². The van der Waals surface area contributed by atoms with Gasteiger partial charge in [-0.15, -0.1) is 0 Å². The van der Waals surface area contributed by atoms with Crippen LogP contribution >= 0.6 is 11.8 Å². The van der Waals surface area contributed by atoms with Gasteiger partial charge in [0, 0.05) is 24.8 Å². The number of amides is 1. The van der Waals surface area contributed by atoms with Crippen LogP contribution in [-0.2, 0) is 4.79 Å². The third-order valence-electron chi connectivity index (χ3n) is 3.30. The summed E-state index contributed by atoms with van der Waals surface area (Å²) in [5.74, 6) is 1.44. The van der Waals surface area contributed by atoms with Crippen molar-refractivity contribution in [1.82, 2.24) is 4.90 Å². The van der Waals surface area contributed by atoms with Crippen LogP contribution in [-0.4, -0.2) is 41.4 Å². The number of nitrogens with zero attached hydrogens (tertiary/aromatic N) is 1. The average molecular weight is 244 g/mol. The number of thioether (sulfide) groups is 1. The second kappa shape index (κ2) is 7.17. The van der Waals surface area contributed by atoms with E-state index >= 15 is 0 Å². The van der Waals surface area contributed by atoms with Crippen LogP contribution in [0.4, 0.5) is 0 Å². The molecule has 0 aromatic heterocycles. The molecule has 0 aliphatic heterocycles. The van der Waals surface area contributed by atoms with Crippen molar-refractivity contribution < 1.29 is 4.79 Å². The summed E-state index contributed by atoms with van der Waals surface area (Å²) in [7, 11) is 1.95. The standard InChI is InChI=1S/C12H24N2OS/c1-3-16-11-7-6-10(9-11)14(2)12(15)5-4-8-13/h10-11H,3-9,13H2,1-2H3. The smallest absolute Gasteiger partial charge is 0.222 e. The largest absolute Gasteiger partial charge is 0.343 e. The van der Waals surface area contributed by atoms with E-state index in [1.165, 1.54) is 25.0 Å². The third kappa shape index (κ3) is 3.98. The van der Waals surface area contributed by atoms with Crippen molar-refractivity contribution >= 4 is 17.7 Å². The summed E-state index contributed by atoms with van der Waals surface area (Å²) in [4.78, 5) is 13.8. The van der Waals surface area contributed by atoms with Gasteiger partial charge in [-0.1, -0.05) is 6.92 Å². The van der Waals surface area contributed by atoms with E-state index in [0.29, 0.717) is 19.0 Å². The van der Waals surface area contributed by atoms with Gasteiger partial charge < -0.3 is 10.6 Å². The normalized spacial score (nSPS) is 24.7. The molecule has 3 nitrogen and oxygen atoms in total. The van der Waals surface area contributed by atoms with Gasteiger partial charge >= 0.3 is 0 Å². The van der Waals surface area contributed by atoms with Gasteiger partial charge in [-0.3, -0.25) is 4.79 Å². The first-order valence-electron chi connectivity index (χ1n) is 6.26. The fourth-order valence-electron chi connectivity index (χ4n) is 2.29. The maximum absolute atomic E-state index is 11.8. The monoisotopic (exact) mass is 244 g/mol. The van der Waals surface area contributed by atoms with Crippen LogP contribution in [0.1, 0.15) is 39.0 Å². The van der Waals surface area contributed by atoms with E-state index in [4.69, 9.17) is 5.73 Å². The number of rotatable bonds is 6. The number of hydrogen-bond acceptors (Lipinski definition) is 3. The molecule has 2 unspecified atom stereocenters. The molecule has 1 amide bonds. The Kier molecular flexibility index (Phi) is 6.21. The van der Waals surface area contributed by atoms with E-state index < -0.39 is 0 Å². The van der Waals surface area contributed by atoms with Gasteiger partial charge in [0.15, 0.2) is 0 Å². The molecule has 4 heteroatoms. The van der Waals surface area contributed by atoms with Crippen molar-refractivity contribution in [3.63, 3.8) is 0 Å². The Labute approximate surface area is 103 Å². The van der Waals surface area contributed by atoms with Crippen molar-refractivity contribution in [3.8, 4) is 0 Å². The van der Waals surface area contributed by atoms with Gasteiger partial charge in [0.25, 0.3) is 0 Å². The summed E-state index contributed by atoms with van der Waals surface area (Å²) < 4.78 is 0. The van der Waals surface area contributed by atoms with Gasteiger partial charge in [-0.2, -0.15) is 11.8 Å². The Morgan fingerprint density at radius 3 is 2.88 bits per heavy atom. The van der Waals surface area contributed by atoms with Crippen molar-refractivity contribution in [3.05, 3.63) is 0 Å². The Hall–Kier alpha value is -0.220. The number of hydrogen-bond donors (Lipinski definition) is 1. The highest BCUT2D eigenvalue weighted by Crippen LogP contribution is 2.32. The second-order valence-electron chi connectivity index (χ2n) is 4.44. The topological polar surface area (TPSA) is 46.3 Å². The Bertz CT molecular complexity index is 223. The van der Waals surface area contributed by atoms with Crippen LogP contribution in [0.3, 0.4) is 0 Å². The van der Waals surface area contributed by atoms with Crippen LogP contribution in [0, 0.1) is 0 Å². The predicted octanol–water partition coefficient (Wildman–Crippen LogP) is 1.86. The van der Waals surface area contributed by atoms with Gasteiger partial charge in [-0.25, -0.2) is 0 Å². The molecule has 0 spiro atoms. The molecule has 0 aromatic rings. The fourth-order valence-corrected chi connectivity index (χ4v) is 3.42. The van der Waals surface area contributed by atoms with E-state index in [1.54, 1.807) is 0 Å². The average Bonchev–Trinajstić information content (AvgIpc) is 2.74. The van der Waals surface area contributed by atoms with Crippen LogP contribution in [0.15, 0.2) is 0 Å². The van der Waals surface area contributed by atoms with Crippen molar-refractivity contribution in [1.29, 1.82) is 0 Å². The van der Waals surface area contributed by atoms with E-state index in [2.05, 4.69) is 6.92 Å². The molecule has 0 bridgehead atoms. The number of nitrogens with two attached hydrogens (primary N) is 1. The lowest BCUT2D eigenvalue weighted by molar-refractivity contribution is -0.131. The molecule has 1 aliphatic rings. The summed E-state index contributed by atoms with van der Waals surface area (Å²) >= 11 is 2.03. The Balaban J connectivity index is 2.32. The lowest BCUT2D eigenvalue weighted by Gasteiger charge is -2.24. The second-order valence-corrected chi connectivity index (χ2v) is 6.02. The first kappa shape index (κ1) is 13.8. The molecule has 2 atom stereocenters. The highest BCUT2D eigenvalue weighted by molar-refractivity contribution is 7.99. The summed E-state index contributed by atoms with van der Waals surface area (Å²) in [6.07, 6.45) is 5.02. The quantitative estimate of drug-likeness (QED) is 0.776. The lowest BCUT2D eigenvalue weighted by Crippen LogP contribution is -2.35. The van der Waals surface area contributed by atoms with E-state index in [-0.39, 0.29) is 5.91 Å². The van der Waals surface area contributed by atoms with Gasteiger partial charge in [0.1, 0.15) is 0 Å². The fraction of sp³-hybridized carbons (Fsp3) is 0.917. The zero-order valence-electron chi connectivity index (χ0n) is 10.4. The molecule has 1 saturated carbocycles. The molecule has 0 saturated heterocycles. The molecule has 1 rings (SSSR count). The van der Waals surface area contributed by atoms with Crippen molar-refractivity contribution in [2.24, 2.45) is 5.73 Å². The maximum Gasteiger partial charge on any atom is 0.222 e. The zero-order valence-corrected chi connectivity index (χ0v) is 11.3. The third-order valence-corrected chi connectivity index (χ3v) is 4.53. The van der Waals surface area contributed by atoms with E-state index in [9.17, 15) is 4.79 Å². The molecule has 0 aromatic carbocycles. The van der Waals surface area contributed by atoms with Gasteiger partial charge in [-0.05, 0) is 38.0 Å². The molecule has 1 aliphatic carbocycles. The van der Waals surface area contributed by atoms with Crippen molar-refractivity contribution in [2.45, 2.75) is 50.3 Å². The highest BCUT2D eigenvalue weighted by Gasteiger charge is 2.29. The molecule has 16 heavy (non-hydrogen) atoms. The minimum absolute atomic E-state index is 0.262. The Morgan fingerprint density at radius 2 is 2.25 bits per heavy atom. The molecule has 1 fully saturated rings. The first-order chi connectivity index (χ1) is 7.69. The molecule has 2 N–H and O–H groups in total. The lowest BCUT2D eigenvalue weighted by atomic mass is 10.2. The molecule has 0 radical (unpaired) electrons. The summed E-state index contributed by atoms with van der Waals surface area (Å²) in [6, 6.07) is 0.467. The number of carbonyl (C=O) groups is 1. The van der Waals surface area contributed by atoms with Crippen LogP contribution < -0.4 is 5.73 Å². The van der Waals surface area contributed by atoms with Gasteiger partial charge in [0.05, 0.1) is 0 Å². The van der Waals surface area contributed by atoms with Crippen LogP contribution in [0.5, 0.6) is 0 Å². The zero-order chi connectivity index (χ0) is 12.0. The van der Waals surface area contributed by atoms with E-state index in [0.717, 1.165) is 11.7 Å². The van der Waals surface area contributed by atoms with E-state index in [1.807, 2.05) is 23.7 Å². The van der Waals surface area contributed by atoms with Gasteiger partial charge in [0.2, 0.25) is 5.91 Å². The number of carbonyl (C=O) groups excluding carboxylic acids is 1. The van der Waals surface area contributed by atoms with Crippen LogP contribution in [0.2, 0.25) is 0 Å². The molecule has 0 heterocycles. The minimum Gasteiger partial charge on any atom is -0.343 e. The molecular formula is C12H24N2OS. The SMILES string of the molecule is CCSC1CCC(N(C)C(=O)CCCN)C1. The van der Waals surface area contributed by atoms with Crippen LogP contribution in [0.25, 0.3) is 0 Å². The Morgan fingerprint density at radius 1 is 1.50 bits per heavy atom. The highest BCUT2D eigenvalue weighted by atomic mass is 32.2. The predicted molar refractivity (Wildman–Crippen MR) is 70.6 cm³/mol. The summed E-state index contributed by atoms with van der Waals surface area (Å²) in [5, 5.41) is 0.764. The molecular weight excluding hydrogens is 220 g/mol. The molecule has 94 valence electrons. The first-order valence-corrected chi connectivity index (χ1v) is 7.31. The summed E-state index contributed by atoms with van der Waals surface area (Å²) in [6.45, 7) is 2.81. The summed E-state index contributed by atoms with van der Waals surface area (Å²) in [5.41, 5.74) is 5.42. The maximum atomic E-state index is 11.8. The minimum atomic E-state index is 0.262.